The molecule has 3 nitrogen and oxygen atoms in total. The van der Waals surface area contributed by atoms with E-state index in [4.69, 9.17) is 12.3 Å². The van der Waals surface area contributed by atoms with Crippen LogP contribution in [-0.4, -0.2) is 16.5 Å². The highest BCUT2D eigenvalue weighted by Crippen LogP contribution is 2.31. The van der Waals surface area contributed by atoms with E-state index in [-0.39, 0.29) is 23.5 Å². The third-order valence-corrected chi connectivity index (χ3v) is 8.06. The third kappa shape index (κ3) is 8.22. The van der Waals surface area contributed by atoms with Crippen LogP contribution in [0, 0.1) is 5.41 Å². The standard InChI is InChI=1S/C47H37N3/c1-34(36(3)44-18-10-11-19-45(44)41-15-8-5-9-16-41)20-21-35(2)47(48)50-46(42-29-27-39(28-30-42)38-13-6-4-7-14-38)31-24-37-22-25-40(26-23-37)43-17-12-32-49-33-43/h4-33,48H,1-3H2/b21-20-,31-24+,48-47?,50-46?/i4D,6D,7D,13D,14D. The molecule has 0 bridgehead atoms. The minimum absolute atomic E-state index is 0.0689. The van der Waals surface area contributed by atoms with E-state index < -0.39 is 18.1 Å². The molecule has 0 fully saturated rings. The maximum Gasteiger partial charge on any atom is 0.151 e. The van der Waals surface area contributed by atoms with Gasteiger partial charge in [0.15, 0.2) is 5.84 Å². The summed E-state index contributed by atoms with van der Waals surface area (Å²) >= 11 is 0. The largest absolute Gasteiger partial charge is 0.282 e. The number of pyridine rings is 1. The fourth-order valence-electron chi connectivity index (χ4n) is 5.26. The van der Waals surface area contributed by atoms with Crippen molar-refractivity contribution in [2.24, 2.45) is 4.99 Å². The Hall–Kier alpha value is -6.71. The minimum atomic E-state index is -0.443. The molecule has 3 heteroatoms. The molecule has 1 N–H and O–H groups in total. The van der Waals surface area contributed by atoms with Gasteiger partial charge in [0.1, 0.15) is 0 Å². The molecule has 0 amide bonds. The van der Waals surface area contributed by atoms with Crippen LogP contribution in [0.4, 0.5) is 0 Å². The van der Waals surface area contributed by atoms with E-state index in [9.17, 15) is 0 Å². The lowest BCUT2D eigenvalue weighted by Gasteiger charge is -2.13. The zero-order valence-electron chi connectivity index (χ0n) is 32.4. The van der Waals surface area contributed by atoms with E-state index in [1.807, 2.05) is 91.1 Å². The first kappa shape index (κ1) is 27.3. The molecule has 1 aromatic heterocycles. The van der Waals surface area contributed by atoms with Gasteiger partial charge < -0.3 is 0 Å². The van der Waals surface area contributed by atoms with Gasteiger partial charge in [0.2, 0.25) is 0 Å². The summed E-state index contributed by atoms with van der Waals surface area (Å²) in [6.07, 6.45) is 10.7. The van der Waals surface area contributed by atoms with Crippen molar-refractivity contribution in [3.8, 4) is 33.4 Å². The molecule has 0 spiro atoms. The van der Waals surface area contributed by atoms with Gasteiger partial charge in [0.25, 0.3) is 0 Å². The molecule has 1 heterocycles. The molecule has 0 saturated heterocycles. The second-order valence-electron chi connectivity index (χ2n) is 11.4. The van der Waals surface area contributed by atoms with Gasteiger partial charge >= 0.3 is 0 Å². The lowest BCUT2D eigenvalue weighted by atomic mass is 9.92. The van der Waals surface area contributed by atoms with Crippen molar-refractivity contribution in [2.45, 2.75) is 0 Å². The molecule has 6 aromatic rings. The molecule has 0 radical (unpaired) electrons. The highest BCUT2D eigenvalue weighted by molar-refractivity contribution is 6.18. The fraction of sp³-hybridized carbons (Fsp3) is 0. The lowest BCUT2D eigenvalue weighted by molar-refractivity contribution is 1.33. The average Bonchev–Trinajstić information content (AvgIpc) is 3.23. The van der Waals surface area contributed by atoms with Crippen molar-refractivity contribution in [3.05, 3.63) is 224 Å². The van der Waals surface area contributed by atoms with Gasteiger partial charge in [-0.05, 0) is 67.8 Å². The molecule has 0 aliphatic carbocycles. The Morgan fingerprint density at radius 2 is 1.26 bits per heavy atom. The van der Waals surface area contributed by atoms with Crippen LogP contribution in [0.3, 0.4) is 0 Å². The predicted molar refractivity (Wildman–Crippen MR) is 213 cm³/mol. The zero-order chi connectivity index (χ0) is 39.1. The highest BCUT2D eigenvalue weighted by atomic mass is 14.8. The Labute approximate surface area is 301 Å². The van der Waals surface area contributed by atoms with Gasteiger partial charge in [-0.3, -0.25) is 10.4 Å². The highest BCUT2D eigenvalue weighted by Gasteiger charge is 2.10. The quantitative estimate of drug-likeness (QED) is 0.0848. The number of hydrogen-bond acceptors (Lipinski definition) is 2. The topological polar surface area (TPSA) is 49.1 Å². The van der Waals surface area contributed by atoms with Crippen LogP contribution in [0.15, 0.2) is 212 Å². The van der Waals surface area contributed by atoms with Crippen LogP contribution < -0.4 is 0 Å². The fourth-order valence-corrected chi connectivity index (χ4v) is 5.26. The van der Waals surface area contributed by atoms with Gasteiger partial charge in [-0.25, -0.2) is 4.99 Å². The number of aromatic nitrogens is 1. The number of nitrogens with zero attached hydrogens (tertiary/aromatic N) is 2. The molecular formula is C47H37N3. The first-order valence-corrected chi connectivity index (χ1v) is 16.0. The summed E-state index contributed by atoms with van der Waals surface area (Å²) in [5.41, 5.74) is 9.46. The van der Waals surface area contributed by atoms with Gasteiger partial charge in [0.05, 0.1) is 12.6 Å². The van der Waals surface area contributed by atoms with Crippen molar-refractivity contribution in [1.29, 1.82) is 5.41 Å². The van der Waals surface area contributed by atoms with E-state index in [1.165, 1.54) is 0 Å². The molecule has 240 valence electrons. The summed E-state index contributed by atoms with van der Waals surface area (Å²) in [7, 11) is 0. The molecule has 6 rings (SSSR count). The minimum Gasteiger partial charge on any atom is -0.282 e. The van der Waals surface area contributed by atoms with E-state index in [0.29, 0.717) is 28.0 Å². The van der Waals surface area contributed by atoms with Crippen LogP contribution in [-0.2, 0) is 0 Å². The van der Waals surface area contributed by atoms with Gasteiger partial charge in [0, 0.05) is 23.5 Å². The molecule has 0 unspecified atom stereocenters. The number of amidine groups is 1. The Morgan fingerprint density at radius 3 is 1.98 bits per heavy atom. The van der Waals surface area contributed by atoms with Crippen molar-refractivity contribution >= 4 is 23.2 Å². The molecular weight excluding hydrogens is 607 g/mol. The second-order valence-corrected chi connectivity index (χ2v) is 11.4. The molecule has 5 aromatic carbocycles. The smallest absolute Gasteiger partial charge is 0.151 e. The first-order chi connectivity index (χ1) is 26.5. The summed E-state index contributed by atoms with van der Waals surface area (Å²) in [5.74, 6) is -0.0689. The summed E-state index contributed by atoms with van der Waals surface area (Å²) < 4.78 is 41.0. The van der Waals surface area contributed by atoms with E-state index in [0.717, 1.165) is 39.0 Å². The van der Waals surface area contributed by atoms with Crippen molar-refractivity contribution in [2.75, 3.05) is 0 Å². The van der Waals surface area contributed by atoms with Gasteiger partial charge in [-0.2, -0.15) is 0 Å². The Balaban J connectivity index is 1.28. The SMILES string of the molecule is [2H]c1c([2H])c([2H])c(-c2ccc(C(/C=C/c3ccc(-c4cccnc4)cc3)=NC(=N)C(=C)/C=C\C(=C)C(=C)c3ccccc3-c3ccccc3)cc2)c([2H])c1[2H]. The number of allylic oxidation sites excluding steroid dienone is 4. The summed E-state index contributed by atoms with van der Waals surface area (Å²) in [6.45, 7) is 12.7. The van der Waals surface area contributed by atoms with Crippen LogP contribution in [0.25, 0.3) is 45.0 Å². The monoisotopic (exact) mass is 648 g/mol. The van der Waals surface area contributed by atoms with Crippen LogP contribution >= 0.6 is 0 Å². The maximum atomic E-state index is 8.90. The zero-order valence-corrected chi connectivity index (χ0v) is 27.4. The Kier molecular flexibility index (Phi) is 8.68. The molecule has 0 aliphatic rings. The summed E-state index contributed by atoms with van der Waals surface area (Å²) in [4.78, 5) is 8.89. The second kappa shape index (κ2) is 15.9. The lowest BCUT2D eigenvalue weighted by Crippen LogP contribution is -2.03. The number of aliphatic imine (C=N–C) groups is 1. The van der Waals surface area contributed by atoms with Crippen molar-refractivity contribution < 1.29 is 6.85 Å². The van der Waals surface area contributed by atoms with Gasteiger partial charge in [-0.15, -0.1) is 0 Å². The van der Waals surface area contributed by atoms with Gasteiger partial charge in [-0.1, -0.05) is 177 Å². The number of hydrogen-bond donors (Lipinski definition) is 1. The molecule has 0 saturated carbocycles. The number of rotatable bonds is 11. The number of benzene rings is 5. The summed E-state index contributed by atoms with van der Waals surface area (Å²) in [6, 6.07) is 35.1. The molecule has 0 atom stereocenters. The maximum absolute atomic E-state index is 8.90. The summed E-state index contributed by atoms with van der Waals surface area (Å²) in [5, 5.41) is 8.90. The average molecular weight is 649 g/mol. The third-order valence-electron chi connectivity index (χ3n) is 8.06. The number of nitrogens with one attached hydrogen (secondary N) is 1. The Morgan fingerprint density at radius 1 is 0.620 bits per heavy atom. The van der Waals surface area contributed by atoms with E-state index in [1.54, 1.807) is 42.6 Å². The predicted octanol–water partition coefficient (Wildman–Crippen LogP) is 11.9. The van der Waals surface area contributed by atoms with Crippen LogP contribution in [0.5, 0.6) is 0 Å². The van der Waals surface area contributed by atoms with E-state index >= 15 is 0 Å². The van der Waals surface area contributed by atoms with Crippen molar-refractivity contribution in [1.82, 2.24) is 4.98 Å². The first-order valence-electron chi connectivity index (χ1n) is 18.5. The molecule has 0 aliphatic heterocycles. The van der Waals surface area contributed by atoms with Crippen molar-refractivity contribution in [3.63, 3.8) is 0 Å². The molecule has 50 heavy (non-hydrogen) atoms. The van der Waals surface area contributed by atoms with Crippen LogP contribution in [0.1, 0.15) is 23.5 Å². The normalized spacial score (nSPS) is 12.9. The van der Waals surface area contributed by atoms with Crippen LogP contribution in [0.2, 0.25) is 0 Å². The Bertz CT molecular complexity index is 2490. The van der Waals surface area contributed by atoms with E-state index in [2.05, 4.69) is 47.9 Å².